The molecule has 1 saturated carbocycles. The molecule has 0 atom stereocenters. The largest absolute Gasteiger partial charge is 0.369 e. The highest BCUT2D eigenvalue weighted by molar-refractivity contribution is 7.13. The normalized spacial score (nSPS) is 14.8. The summed E-state index contributed by atoms with van der Waals surface area (Å²) in [6.07, 6.45) is 5.78. The van der Waals surface area contributed by atoms with E-state index in [-0.39, 0.29) is 37.4 Å². The maximum absolute atomic E-state index is 11.8. The second kappa shape index (κ2) is 9.21. The maximum atomic E-state index is 11.8. The molecule has 1 aromatic rings. The lowest BCUT2D eigenvalue weighted by atomic mass is 9.96. The molecular formula is C15H23N5O3S. The summed E-state index contributed by atoms with van der Waals surface area (Å²) in [5.74, 6) is -0.709. The first-order valence-corrected chi connectivity index (χ1v) is 8.98. The topological polar surface area (TPSA) is 126 Å². The summed E-state index contributed by atoms with van der Waals surface area (Å²) < 4.78 is 0. The Labute approximate surface area is 144 Å². The summed E-state index contributed by atoms with van der Waals surface area (Å²) in [6, 6.07) is 0.0132. The third kappa shape index (κ3) is 6.53. The summed E-state index contributed by atoms with van der Waals surface area (Å²) in [6.45, 7) is 0.254. The van der Waals surface area contributed by atoms with E-state index in [9.17, 15) is 14.4 Å². The summed E-state index contributed by atoms with van der Waals surface area (Å²) in [5, 5.41) is 10.3. The Morgan fingerprint density at radius 2 is 2.00 bits per heavy atom. The third-order valence-corrected chi connectivity index (χ3v) is 4.54. The number of urea groups is 1. The standard InChI is InChI=1S/C15H23N5O3S/c16-12(21)8-11-9-24-15(19-11)20-13(22)6-7-17-14(23)18-10-4-2-1-3-5-10/h9-10H,1-8H2,(H2,16,21)(H2,17,18,23)(H,19,20,22). The summed E-state index contributed by atoms with van der Waals surface area (Å²) >= 11 is 1.23. The average Bonchev–Trinajstić information content (AvgIpc) is 2.94. The Hall–Kier alpha value is -2.16. The van der Waals surface area contributed by atoms with E-state index in [0.717, 1.165) is 25.7 Å². The van der Waals surface area contributed by atoms with Crippen molar-refractivity contribution in [1.29, 1.82) is 0 Å². The van der Waals surface area contributed by atoms with Crippen LogP contribution in [0.3, 0.4) is 0 Å². The number of nitrogens with two attached hydrogens (primary N) is 1. The zero-order valence-electron chi connectivity index (χ0n) is 13.5. The average molecular weight is 353 g/mol. The molecule has 0 aliphatic heterocycles. The Bertz CT molecular complexity index is 583. The van der Waals surface area contributed by atoms with E-state index >= 15 is 0 Å². The Kier molecular flexibility index (Phi) is 6.98. The van der Waals surface area contributed by atoms with Gasteiger partial charge in [0.2, 0.25) is 11.8 Å². The number of hydrogen-bond acceptors (Lipinski definition) is 5. The minimum Gasteiger partial charge on any atom is -0.369 e. The number of amides is 4. The molecule has 0 saturated heterocycles. The molecule has 1 heterocycles. The first kappa shape index (κ1) is 18.2. The SMILES string of the molecule is NC(=O)Cc1csc(NC(=O)CCNC(=O)NC2CCCCC2)n1. The molecule has 1 aliphatic carbocycles. The number of primary amides is 1. The van der Waals surface area contributed by atoms with E-state index in [1.54, 1.807) is 5.38 Å². The van der Waals surface area contributed by atoms with Crippen LogP contribution in [-0.2, 0) is 16.0 Å². The van der Waals surface area contributed by atoms with Gasteiger partial charge in [-0.15, -0.1) is 11.3 Å². The molecular weight excluding hydrogens is 330 g/mol. The molecule has 2 rings (SSSR count). The van der Waals surface area contributed by atoms with Crippen molar-refractivity contribution in [3.05, 3.63) is 11.1 Å². The zero-order valence-corrected chi connectivity index (χ0v) is 14.3. The van der Waals surface area contributed by atoms with Crippen molar-refractivity contribution in [2.75, 3.05) is 11.9 Å². The van der Waals surface area contributed by atoms with Crippen molar-refractivity contribution in [2.24, 2.45) is 5.73 Å². The van der Waals surface area contributed by atoms with Gasteiger partial charge in [-0.25, -0.2) is 9.78 Å². The molecule has 1 aromatic heterocycles. The first-order chi connectivity index (χ1) is 11.5. The molecule has 1 fully saturated rings. The van der Waals surface area contributed by atoms with Crippen LogP contribution < -0.4 is 21.7 Å². The highest BCUT2D eigenvalue weighted by atomic mass is 32.1. The number of anilines is 1. The van der Waals surface area contributed by atoms with Gasteiger partial charge in [-0.05, 0) is 12.8 Å². The minimum atomic E-state index is -0.466. The molecule has 8 nitrogen and oxygen atoms in total. The quantitative estimate of drug-likeness (QED) is 0.586. The number of aromatic nitrogens is 1. The molecule has 1 aliphatic rings. The number of nitrogens with one attached hydrogen (secondary N) is 3. The van der Waals surface area contributed by atoms with Gasteiger partial charge >= 0.3 is 6.03 Å². The van der Waals surface area contributed by atoms with E-state index in [1.165, 1.54) is 17.8 Å². The fourth-order valence-corrected chi connectivity index (χ4v) is 3.31. The van der Waals surface area contributed by atoms with Gasteiger partial charge in [0, 0.05) is 24.4 Å². The number of carbonyl (C=O) groups excluding carboxylic acids is 3. The fraction of sp³-hybridized carbons (Fsp3) is 0.600. The maximum Gasteiger partial charge on any atom is 0.315 e. The van der Waals surface area contributed by atoms with Crippen LogP contribution in [0.15, 0.2) is 5.38 Å². The van der Waals surface area contributed by atoms with Gasteiger partial charge in [0.1, 0.15) is 0 Å². The van der Waals surface area contributed by atoms with Crippen molar-refractivity contribution < 1.29 is 14.4 Å². The van der Waals surface area contributed by atoms with Gasteiger partial charge in [-0.3, -0.25) is 9.59 Å². The highest BCUT2D eigenvalue weighted by Gasteiger charge is 2.15. The molecule has 0 radical (unpaired) electrons. The minimum absolute atomic E-state index is 0.0509. The van der Waals surface area contributed by atoms with Crippen LogP contribution in [0.4, 0.5) is 9.93 Å². The van der Waals surface area contributed by atoms with Gasteiger partial charge in [0.05, 0.1) is 12.1 Å². The van der Waals surface area contributed by atoms with Crippen LogP contribution in [0.2, 0.25) is 0 Å². The van der Waals surface area contributed by atoms with Crippen molar-refractivity contribution in [2.45, 2.75) is 51.0 Å². The van der Waals surface area contributed by atoms with Crippen molar-refractivity contribution in [3.8, 4) is 0 Å². The van der Waals surface area contributed by atoms with Crippen molar-refractivity contribution in [3.63, 3.8) is 0 Å². The Morgan fingerprint density at radius 3 is 2.71 bits per heavy atom. The Balaban J connectivity index is 1.63. The van der Waals surface area contributed by atoms with Crippen LogP contribution in [0.1, 0.15) is 44.2 Å². The van der Waals surface area contributed by atoms with E-state index in [0.29, 0.717) is 10.8 Å². The molecule has 132 valence electrons. The van der Waals surface area contributed by atoms with E-state index < -0.39 is 5.91 Å². The molecule has 0 spiro atoms. The second-order valence-corrected chi connectivity index (χ2v) is 6.68. The van der Waals surface area contributed by atoms with Crippen molar-refractivity contribution in [1.82, 2.24) is 15.6 Å². The molecule has 0 bridgehead atoms. The van der Waals surface area contributed by atoms with Crippen LogP contribution in [0, 0.1) is 0 Å². The van der Waals surface area contributed by atoms with Gasteiger partial charge in [-0.1, -0.05) is 19.3 Å². The molecule has 0 unspecified atom stereocenters. The number of nitrogens with zero attached hydrogens (tertiary/aromatic N) is 1. The summed E-state index contributed by atoms with van der Waals surface area (Å²) in [4.78, 5) is 38.5. The number of carbonyl (C=O) groups is 3. The highest BCUT2D eigenvalue weighted by Crippen LogP contribution is 2.17. The monoisotopic (exact) mass is 353 g/mol. The van der Waals surface area contributed by atoms with Gasteiger partial charge in [-0.2, -0.15) is 0 Å². The smallest absolute Gasteiger partial charge is 0.315 e. The lowest BCUT2D eigenvalue weighted by Gasteiger charge is -2.22. The van der Waals surface area contributed by atoms with Crippen LogP contribution >= 0.6 is 11.3 Å². The van der Waals surface area contributed by atoms with Crippen molar-refractivity contribution >= 4 is 34.3 Å². The van der Waals surface area contributed by atoms with Gasteiger partial charge in [0.15, 0.2) is 5.13 Å². The predicted molar refractivity (Wildman–Crippen MR) is 91.7 cm³/mol. The lowest BCUT2D eigenvalue weighted by Crippen LogP contribution is -2.43. The third-order valence-electron chi connectivity index (χ3n) is 3.73. The van der Waals surface area contributed by atoms with Crippen LogP contribution in [0.25, 0.3) is 0 Å². The Morgan fingerprint density at radius 1 is 1.25 bits per heavy atom. The lowest BCUT2D eigenvalue weighted by molar-refractivity contribution is -0.117. The predicted octanol–water partition coefficient (Wildman–Crippen LogP) is 1.13. The first-order valence-electron chi connectivity index (χ1n) is 8.10. The zero-order chi connectivity index (χ0) is 17.4. The fourth-order valence-electron chi connectivity index (χ4n) is 2.58. The van der Waals surface area contributed by atoms with Gasteiger partial charge < -0.3 is 21.7 Å². The number of rotatable bonds is 7. The second-order valence-electron chi connectivity index (χ2n) is 5.82. The number of hydrogen-bond donors (Lipinski definition) is 4. The van der Waals surface area contributed by atoms with Crippen LogP contribution in [0.5, 0.6) is 0 Å². The van der Waals surface area contributed by atoms with Crippen LogP contribution in [-0.4, -0.2) is 35.4 Å². The summed E-state index contributed by atoms with van der Waals surface area (Å²) in [5.41, 5.74) is 5.62. The summed E-state index contributed by atoms with van der Waals surface area (Å²) in [7, 11) is 0. The molecule has 0 aromatic carbocycles. The number of thiazole rings is 1. The van der Waals surface area contributed by atoms with E-state index in [4.69, 9.17) is 5.73 Å². The van der Waals surface area contributed by atoms with E-state index in [2.05, 4.69) is 20.9 Å². The van der Waals surface area contributed by atoms with E-state index in [1.807, 2.05) is 0 Å². The molecule has 9 heteroatoms. The van der Waals surface area contributed by atoms with Gasteiger partial charge in [0.25, 0.3) is 0 Å². The molecule has 5 N–H and O–H groups in total. The molecule has 4 amide bonds. The molecule has 24 heavy (non-hydrogen) atoms.